The van der Waals surface area contributed by atoms with E-state index in [4.69, 9.17) is 0 Å². The Balaban J connectivity index is 2.40. The number of ether oxygens (including phenoxy) is 1. The van der Waals surface area contributed by atoms with Crippen LogP contribution in [0.25, 0.3) is 0 Å². The summed E-state index contributed by atoms with van der Waals surface area (Å²) in [6.45, 7) is 2.87. The van der Waals surface area contributed by atoms with E-state index in [-0.39, 0.29) is 17.9 Å². The summed E-state index contributed by atoms with van der Waals surface area (Å²) < 4.78 is 4.59. The number of carbonyl (C=O) groups is 2. The van der Waals surface area contributed by atoms with Crippen LogP contribution in [0.4, 0.5) is 0 Å². The average molecular weight is 213 g/mol. The van der Waals surface area contributed by atoms with Gasteiger partial charge < -0.3 is 9.64 Å². The number of likely N-dealkylation sites (tertiary alicyclic amines) is 1. The summed E-state index contributed by atoms with van der Waals surface area (Å²) >= 11 is 0. The van der Waals surface area contributed by atoms with Gasteiger partial charge in [0.1, 0.15) is 0 Å². The standard InChI is InChI=1S/C11H19NO3/c1-3-8-12-9(4-6-10(12)13)5-7-11(14)15-2/h9H,3-8H2,1-2H3/t9-/m0/s1. The highest BCUT2D eigenvalue weighted by Gasteiger charge is 2.30. The lowest BCUT2D eigenvalue weighted by Gasteiger charge is -2.23. The van der Waals surface area contributed by atoms with E-state index < -0.39 is 0 Å². The molecule has 1 rings (SSSR count). The molecule has 0 aromatic carbocycles. The zero-order chi connectivity index (χ0) is 11.3. The van der Waals surface area contributed by atoms with Crippen LogP contribution in [0, 0.1) is 0 Å². The van der Waals surface area contributed by atoms with Crippen molar-refractivity contribution >= 4 is 11.9 Å². The molecule has 15 heavy (non-hydrogen) atoms. The molecule has 0 N–H and O–H groups in total. The number of hydrogen-bond acceptors (Lipinski definition) is 3. The Hall–Kier alpha value is -1.06. The summed E-state index contributed by atoms with van der Waals surface area (Å²) in [4.78, 5) is 24.4. The van der Waals surface area contributed by atoms with Gasteiger partial charge >= 0.3 is 5.97 Å². The van der Waals surface area contributed by atoms with Crippen molar-refractivity contribution in [3.8, 4) is 0 Å². The van der Waals surface area contributed by atoms with Crippen LogP contribution < -0.4 is 0 Å². The van der Waals surface area contributed by atoms with Gasteiger partial charge in [0.2, 0.25) is 5.91 Å². The maximum absolute atomic E-state index is 11.5. The normalized spacial score (nSPS) is 20.8. The van der Waals surface area contributed by atoms with Crippen molar-refractivity contribution < 1.29 is 14.3 Å². The van der Waals surface area contributed by atoms with Crippen molar-refractivity contribution in [2.45, 2.75) is 45.1 Å². The molecule has 1 atom stereocenters. The van der Waals surface area contributed by atoms with Crippen LogP contribution in [-0.2, 0) is 14.3 Å². The van der Waals surface area contributed by atoms with Gasteiger partial charge in [0.15, 0.2) is 0 Å². The number of hydrogen-bond donors (Lipinski definition) is 0. The summed E-state index contributed by atoms with van der Waals surface area (Å²) in [5.41, 5.74) is 0. The Morgan fingerprint density at radius 2 is 2.33 bits per heavy atom. The van der Waals surface area contributed by atoms with Crippen LogP contribution in [0.3, 0.4) is 0 Å². The van der Waals surface area contributed by atoms with Crippen molar-refractivity contribution in [2.24, 2.45) is 0 Å². The smallest absolute Gasteiger partial charge is 0.305 e. The molecule has 86 valence electrons. The zero-order valence-corrected chi connectivity index (χ0v) is 9.49. The minimum atomic E-state index is -0.189. The lowest BCUT2D eigenvalue weighted by molar-refractivity contribution is -0.141. The van der Waals surface area contributed by atoms with Crippen LogP contribution >= 0.6 is 0 Å². The lowest BCUT2D eigenvalue weighted by Crippen LogP contribution is -2.34. The average Bonchev–Trinajstić information content (AvgIpc) is 2.58. The predicted octanol–water partition coefficient (Wildman–Crippen LogP) is 1.34. The quantitative estimate of drug-likeness (QED) is 0.647. The number of rotatable bonds is 5. The fraction of sp³-hybridized carbons (Fsp3) is 0.818. The Labute approximate surface area is 90.6 Å². The Morgan fingerprint density at radius 1 is 1.60 bits per heavy atom. The largest absolute Gasteiger partial charge is 0.469 e. The molecule has 1 heterocycles. The van der Waals surface area contributed by atoms with E-state index in [1.807, 2.05) is 4.90 Å². The van der Waals surface area contributed by atoms with E-state index in [2.05, 4.69) is 11.7 Å². The van der Waals surface area contributed by atoms with Gasteiger partial charge in [-0.3, -0.25) is 9.59 Å². The first-order valence-corrected chi connectivity index (χ1v) is 5.55. The van der Waals surface area contributed by atoms with Gasteiger partial charge in [-0.2, -0.15) is 0 Å². The van der Waals surface area contributed by atoms with Gasteiger partial charge in [-0.25, -0.2) is 0 Å². The molecule has 0 unspecified atom stereocenters. The molecule has 4 nitrogen and oxygen atoms in total. The van der Waals surface area contributed by atoms with E-state index in [0.29, 0.717) is 12.8 Å². The number of methoxy groups -OCH3 is 1. The Morgan fingerprint density at radius 3 is 2.93 bits per heavy atom. The van der Waals surface area contributed by atoms with Crippen LogP contribution in [0.1, 0.15) is 39.0 Å². The van der Waals surface area contributed by atoms with Crippen LogP contribution in [-0.4, -0.2) is 36.5 Å². The van der Waals surface area contributed by atoms with E-state index in [1.54, 1.807) is 0 Å². The molecule has 1 fully saturated rings. The topological polar surface area (TPSA) is 46.6 Å². The van der Waals surface area contributed by atoms with Crippen molar-refractivity contribution in [3.63, 3.8) is 0 Å². The third-order valence-corrected chi connectivity index (χ3v) is 2.83. The van der Waals surface area contributed by atoms with Gasteiger partial charge in [-0.1, -0.05) is 6.92 Å². The number of carbonyl (C=O) groups excluding carboxylic acids is 2. The molecule has 0 spiro atoms. The molecule has 1 aliphatic rings. The number of nitrogens with zero attached hydrogens (tertiary/aromatic N) is 1. The van der Waals surface area contributed by atoms with Crippen molar-refractivity contribution in [3.05, 3.63) is 0 Å². The van der Waals surface area contributed by atoms with Crippen molar-refractivity contribution in [2.75, 3.05) is 13.7 Å². The zero-order valence-electron chi connectivity index (χ0n) is 9.49. The van der Waals surface area contributed by atoms with Crippen LogP contribution in [0.2, 0.25) is 0 Å². The number of amides is 1. The van der Waals surface area contributed by atoms with E-state index in [1.165, 1.54) is 7.11 Å². The molecule has 4 heteroatoms. The summed E-state index contributed by atoms with van der Waals surface area (Å²) in [7, 11) is 1.39. The van der Waals surface area contributed by atoms with Gasteiger partial charge in [0.25, 0.3) is 0 Å². The minimum absolute atomic E-state index is 0.189. The molecular weight excluding hydrogens is 194 g/mol. The first kappa shape index (κ1) is 12.0. The maximum atomic E-state index is 11.5. The molecule has 1 aliphatic heterocycles. The summed E-state index contributed by atoms with van der Waals surface area (Å²) in [5, 5.41) is 0. The maximum Gasteiger partial charge on any atom is 0.305 e. The fourth-order valence-corrected chi connectivity index (χ4v) is 2.03. The highest BCUT2D eigenvalue weighted by Crippen LogP contribution is 2.22. The second kappa shape index (κ2) is 5.73. The summed E-state index contributed by atoms with van der Waals surface area (Å²) in [5.74, 6) is 0.0394. The van der Waals surface area contributed by atoms with Gasteiger partial charge in [-0.15, -0.1) is 0 Å². The van der Waals surface area contributed by atoms with E-state index in [0.717, 1.165) is 25.8 Å². The van der Waals surface area contributed by atoms with Gasteiger partial charge in [0, 0.05) is 25.4 Å². The van der Waals surface area contributed by atoms with Gasteiger partial charge in [0.05, 0.1) is 7.11 Å². The monoisotopic (exact) mass is 213 g/mol. The third-order valence-electron chi connectivity index (χ3n) is 2.83. The Bertz CT molecular complexity index is 240. The molecule has 0 aliphatic carbocycles. The summed E-state index contributed by atoms with van der Waals surface area (Å²) in [6, 6.07) is 0.247. The molecule has 0 aromatic heterocycles. The molecule has 1 saturated heterocycles. The van der Waals surface area contributed by atoms with E-state index >= 15 is 0 Å². The molecule has 0 saturated carbocycles. The van der Waals surface area contributed by atoms with Crippen LogP contribution in [0.5, 0.6) is 0 Å². The lowest BCUT2D eigenvalue weighted by atomic mass is 10.1. The second-order valence-corrected chi connectivity index (χ2v) is 3.89. The van der Waals surface area contributed by atoms with E-state index in [9.17, 15) is 9.59 Å². The third kappa shape index (κ3) is 3.22. The molecule has 0 bridgehead atoms. The molecule has 0 radical (unpaired) electrons. The molecule has 1 amide bonds. The summed E-state index contributed by atoms with van der Waals surface area (Å²) in [6.07, 6.45) is 3.63. The first-order valence-electron chi connectivity index (χ1n) is 5.55. The van der Waals surface area contributed by atoms with Crippen LogP contribution in [0.15, 0.2) is 0 Å². The molecular formula is C11H19NO3. The first-order chi connectivity index (χ1) is 7.19. The molecule has 0 aromatic rings. The van der Waals surface area contributed by atoms with Gasteiger partial charge in [-0.05, 0) is 19.3 Å². The minimum Gasteiger partial charge on any atom is -0.469 e. The predicted molar refractivity (Wildman–Crippen MR) is 56.3 cm³/mol. The van der Waals surface area contributed by atoms with Crippen molar-refractivity contribution in [1.29, 1.82) is 0 Å². The highest BCUT2D eigenvalue weighted by molar-refractivity contribution is 5.79. The SMILES string of the molecule is CCCN1C(=O)CC[C@H]1CCC(=O)OC. The fourth-order valence-electron chi connectivity index (χ4n) is 2.03. The Kier molecular flexibility index (Phi) is 4.59. The number of esters is 1. The second-order valence-electron chi connectivity index (χ2n) is 3.89. The highest BCUT2D eigenvalue weighted by atomic mass is 16.5. The van der Waals surface area contributed by atoms with Crippen molar-refractivity contribution in [1.82, 2.24) is 4.90 Å².